The van der Waals surface area contributed by atoms with E-state index < -0.39 is 0 Å². The molecule has 1 heterocycles. The van der Waals surface area contributed by atoms with Crippen LogP contribution in [0.2, 0.25) is 0 Å². The molecule has 0 saturated carbocycles. The minimum absolute atomic E-state index is 0.405. The number of benzene rings is 1. The molecule has 19 heavy (non-hydrogen) atoms. The Labute approximate surface area is 115 Å². The van der Waals surface area contributed by atoms with Crippen LogP contribution >= 0.6 is 0 Å². The molecule has 3 nitrogen and oxygen atoms in total. The fourth-order valence-electron chi connectivity index (χ4n) is 2.33. The van der Waals surface area contributed by atoms with Crippen molar-refractivity contribution in [3.8, 4) is 0 Å². The number of anilines is 1. The minimum Gasteiger partial charge on any atom is -0.308 e. The van der Waals surface area contributed by atoms with Crippen LogP contribution in [0.5, 0.6) is 0 Å². The first-order valence-corrected chi connectivity index (χ1v) is 7.06. The largest absolute Gasteiger partial charge is 0.308 e. The quantitative estimate of drug-likeness (QED) is 0.629. The van der Waals surface area contributed by atoms with Gasteiger partial charge in [-0.1, -0.05) is 33.3 Å². The van der Waals surface area contributed by atoms with E-state index >= 15 is 0 Å². The second-order valence-corrected chi connectivity index (χ2v) is 5.36. The van der Waals surface area contributed by atoms with Crippen LogP contribution in [0.4, 0.5) is 5.82 Å². The predicted octanol–water partition coefficient (Wildman–Crippen LogP) is 3.99. The first-order valence-electron chi connectivity index (χ1n) is 7.06. The van der Waals surface area contributed by atoms with Gasteiger partial charge < -0.3 is 5.43 Å². The molecule has 0 fully saturated rings. The summed E-state index contributed by atoms with van der Waals surface area (Å²) in [5.74, 6) is 6.75. The smallest absolute Gasteiger partial charge is 0.144 e. The number of fused-ring (bicyclic) bond motifs is 1. The van der Waals surface area contributed by atoms with Crippen LogP contribution in [-0.2, 0) is 6.42 Å². The van der Waals surface area contributed by atoms with Crippen LogP contribution in [0.15, 0.2) is 24.3 Å². The van der Waals surface area contributed by atoms with Gasteiger partial charge in [-0.05, 0) is 48.1 Å². The molecule has 0 amide bonds. The Balaban J connectivity index is 2.46. The van der Waals surface area contributed by atoms with Gasteiger partial charge in [0.25, 0.3) is 0 Å². The Morgan fingerprint density at radius 1 is 1.26 bits per heavy atom. The summed E-state index contributed by atoms with van der Waals surface area (Å²) in [5.41, 5.74) is 6.26. The highest BCUT2D eigenvalue weighted by atomic mass is 15.2. The molecular formula is C16H23N3. The van der Waals surface area contributed by atoms with Gasteiger partial charge in [0.2, 0.25) is 0 Å². The summed E-state index contributed by atoms with van der Waals surface area (Å²) in [4.78, 5) is 4.60. The van der Waals surface area contributed by atoms with E-state index in [2.05, 4.69) is 55.4 Å². The Bertz CT molecular complexity index is 561. The fraction of sp³-hybridized carbons (Fsp3) is 0.438. The maximum atomic E-state index is 5.56. The van der Waals surface area contributed by atoms with E-state index in [1.165, 1.54) is 29.4 Å². The van der Waals surface area contributed by atoms with E-state index in [1.54, 1.807) is 0 Å². The van der Waals surface area contributed by atoms with Gasteiger partial charge in [0, 0.05) is 5.39 Å². The van der Waals surface area contributed by atoms with Gasteiger partial charge >= 0.3 is 0 Å². The number of hydrogen-bond acceptors (Lipinski definition) is 3. The molecule has 0 spiro atoms. The summed E-state index contributed by atoms with van der Waals surface area (Å²) in [5, 5.41) is 1.20. The SMILES string of the molecule is CCCCc1ccc2nc(NN)c(C(C)C)cc2c1. The van der Waals surface area contributed by atoms with Crippen LogP contribution in [-0.4, -0.2) is 4.98 Å². The average Bonchev–Trinajstić information content (AvgIpc) is 2.43. The number of nitrogen functional groups attached to an aromatic ring is 1. The Kier molecular flexibility index (Phi) is 4.38. The van der Waals surface area contributed by atoms with Crippen molar-refractivity contribution in [3.63, 3.8) is 0 Å². The topological polar surface area (TPSA) is 50.9 Å². The van der Waals surface area contributed by atoms with E-state index in [0.717, 1.165) is 17.8 Å². The van der Waals surface area contributed by atoms with Crippen LogP contribution < -0.4 is 11.3 Å². The molecule has 0 aliphatic heterocycles. The normalized spacial score (nSPS) is 11.2. The fourth-order valence-corrected chi connectivity index (χ4v) is 2.33. The lowest BCUT2D eigenvalue weighted by Gasteiger charge is -2.13. The van der Waals surface area contributed by atoms with Gasteiger partial charge in [-0.15, -0.1) is 0 Å². The van der Waals surface area contributed by atoms with Crippen molar-refractivity contribution in [2.45, 2.75) is 46.0 Å². The second-order valence-electron chi connectivity index (χ2n) is 5.36. The second kappa shape index (κ2) is 6.02. The van der Waals surface area contributed by atoms with Crippen LogP contribution in [0.3, 0.4) is 0 Å². The number of hydrazine groups is 1. The van der Waals surface area contributed by atoms with E-state index in [4.69, 9.17) is 5.84 Å². The third-order valence-electron chi connectivity index (χ3n) is 3.49. The predicted molar refractivity (Wildman–Crippen MR) is 82.3 cm³/mol. The lowest BCUT2D eigenvalue weighted by Crippen LogP contribution is -2.12. The molecule has 0 aliphatic carbocycles. The molecule has 2 aromatic rings. The molecule has 0 atom stereocenters. The highest BCUT2D eigenvalue weighted by molar-refractivity contribution is 5.82. The number of aryl methyl sites for hydroxylation is 1. The van der Waals surface area contributed by atoms with Crippen LogP contribution in [0, 0.1) is 0 Å². The maximum absolute atomic E-state index is 5.56. The van der Waals surface area contributed by atoms with Crippen molar-refractivity contribution in [1.29, 1.82) is 0 Å². The molecule has 2 rings (SSSR count). The monoisotopic (exact) mass is 257 g/mol. The van der Waals surface area contributed by atoms with Gasteiger partial charge in [-0.25, -0.2) is 10.8 Å². The Hall–Kier alpha value is -1.61. The summed E-state index contributed by atoms with van der Waals surface area (Å²) in [6.45, 7) is 6.54. The first kappa shape index (κ1) is 13.8. The molecule has 3 heteroatoms. The number of nitrogens with two attached hydrogens (primary N) is 1. The summed E-state index contributed by atoms with van der Waals surface area (Å²) in [6.07, 6.45) is 3.60. The number of nitrogens with zero attached hydrogens (tertiary/aromatic N) is 1. The van der Waals surface area contributed by atoms with Crippen LogP contribution in [0.25, 0.3) is 10.9 Å². The summed E-state index contributed by atoms with van der Waals surface area (Å²) >= 11 is 0. The maximum Gasteiger partial charge on any atom is 0.144 e. The van der Waals surface area contributed by atoms with Gasteiger partial charge in [-0.3, -0.25) is 0 Å². The number of unbranched alkanes of at least 4 members (excludes halogenated alkanes) is 1. The third-order valence-corrected chi connectivity index (χ3v) is 3.49. The molecule has 0 radical (unpaired) electrons. The van der Waals surface area contributed by atoms with E-state index in [1.807, 2.05) is 0 Å². The van der Waals surface area contributed by atoms with Crippen molar-refractivity contribution >= 4 is 16.7 Å². The van der Waals surface area contributed by atoms with Crippen molar-refractivity contribution < 1.29 is 0 Å². The molecular weight excluding hydrogens is 234 g/mol. The number of aromatic nitrogens is 1. The third kappa shape index (κ3) is 3.04. The van der Waals surface area contributed by atoms with Crippen molar-refractivity contribution in [2.75, 3.05) is 5.43 Å². The van der Waals surface area contributed by atoms with Gasteiger partial charge in [0.05, 0.1) is 5.52 Å². The highest BCUT2D eigenvalue weighted by Crippen LogP contribution is 2.27. The average molecular weight is 257 g/mol. The molecule has 3 N–H and O–H groups in total. The summed E-state index contributed by atoms with van der Waals surface area (Å²) < 4.78 is 0. The number of hydrogen-bond donors (Lipinski definition) is 2. The van der Waals surface area contributed by atoms with Crippen LogP contribution in [0.1, 0.15) is 50.7 Å². The number of nitrogens with one attached hydrogen (secondary N) is 1. The van der Waals surface area contributed by atoms with Crippen molar-refractivity contribution in [2.24, 2.45) is 5.84 Å². The lowest BCUT2D eigenvalue weighted by molar-refractivity contribution is 0.796. The van der Waals surface area contributed by atoms with Gasteiger partial charge in [0.15, 0.2) is 0 Å². The summed E-state index contributed by atoms with van der Waals surface area (Å²) in [7, 11) is 0. The Morgan fingerprint density at radius 3 is 2.68 bits per heavy atom. The molecule has 1 aromatic heterocycles. The van der Waals surface area contributed by atoms with E-state index in [0.29, 0.717) is 5.92 Å². The van der Waals surface area contributed by atoms with E-state index in [-0.39, 0.29) is 0 Å². The first-order chi connectivity index (χ1) is 9.15. The standard InChI is InChI=1S/C16H23N3/c1-4-5-6-12-7-8-15-13(9-12)10-14(11(2)3)16(18-15)19-17/h7-11H,4-6,17H2,1-3H3,(H,18,19). The van der Waals surface area contributed by atoms with Crippen molar-refractivity contribution in [3.05, 3.63) is 35.4 Å². The molecule has 0 bridgehead atoms. The van der Waals surface area contributed by atoms with Gasteiger partial charge in [0.1, 0.15) is 5.82 Å². The lowest BCUT2D eigenvalue weighted by atomic mass is 10.00. The zero-order valence-electron chi connectivity index (χ0n) is 12.0. The molecule has 102 valence electrons. The zero-order valence-corrected chi connectivity index (χ0v) is 12.0. The van der Waals surface area contributed by atoms with Crippen molar-refractivity contribution in [1.82, 2.24) is 4.98 Å². The highest BCUT2D eigenvalue weighted by Gasteiger charge is 2.09. The number of pyridine rings is 1. The molecule has 1 aromatic carbocycles. The number of rotatable bonds is 5. The Morgan fingerprint density at radius 2 is 2.05 bits per heavy atom. The molecule has 0 saturated heterocycles. The van der Waals surface area contributed by atoms with E-state index in [9.17, 15) is 0 Å². The summed E-state index contributed by atoms with van der Waals surface area (Å²) in [6, 6.07) is 8.72. The van der Waals surface area contributed by atoms with Gasteiger partial charge in [-0.2, -0.15) is 0 Å². The minimum atomic E-state index is 0.405. The molecule has 0 unspecified atom stereocenters. The zero-order chi connectivity index (χ0) is 13.8. The molecule has 0 aliphatic rings.